The van der Waals surface area contributed by atoms with Crippen molar-refractivity contribution in [2.24, 2.45) is 0 Å². The standard InChI is InChI=1S/C16H15NO4/c1-3-14-15(21-10-20-14)7-11(1)9-17-12-2-4-13-16(8-12)19-6-5-18-13/h1-4,7-8,17H,5-6,9-10H2. The van der Waals surface area contributed by atoms with E-state index in [9.17, 15) is 0 Å². The molecule has 0 radical (unpaired) electrons. The van der Waals surface area contributed by atoms with Gasteiger partial charge in [0.25, 0.3) is 0 Å². The average Bonchev–Trinajstić information content (AvgIpc) is 3.00. The molecule has 2 heterocycles. The van der Waals surface area contributed by atoms with Crippen LogP contribution >= 0.6 is 0 Å². The van der Waals surface area contributed by atoms with Crippen molar-refractivity contribution in [3.8, 4) is 23.0 Å². The zero-order chi connectivity index (χ0) is 14.1. The Bertz CT molecular complexity index is 671. The maximum absolute atomic E-state index is 5.58. The van der Waals surface area contributed by atoms with Gasteiger partial charge >= 0.3 is 0 Å². The molecule has 0 bridgehead atoms. The third-order valence-electron chi connectivity index (χ3n) is 3.48. The van der Waals surface area contributed by atoms with Crippen molar-refractivity contribution in [2.75, 3.05) is 25.3 Å². The largest absolute Gasteiger partial charge is 0.486 e. The van der Waals surface area contributed by atoms with Crippen LogP contribution in [0.1, 0.15) is 5.56 Å². The Labute approximate surface area is 122 Å². The minimum absolute atomic E-state index is 0.300. The van der Waals surface area contributed by atoms with Gasteiger partial charge in [0.1, 0.15) is 13.2 Å². The molecular formula is C16H15NO4. The van der Waals surface area contributed by atoms with Crippen LogP contribution in [0.25, 0.3) is 0 Å². The molecule has 0 aliphatic carbocycles. The molecule has 5 heteroatoms. The van der Waals surface area contributed by atoms with E-state index in [1.165, 1.54) is 0 Å². The van der Waals surface area contributed by atoms with Crippen LogP contribution in [0.3, 0.4) is 0 Å². The maximum Gasteiger partial charge on any atom is 0.231 e. The number of rotatable bonds is 3. The van der Waals surface area contributed by atoms with E-state index >= 15 is 0 Å². The molecule has 0 saturated carbocycles. The Balaban J connectivity index is 1.47. The number of nitrogens with one attached hydrogen (secondary N) is 1. The van der Waals surface area contributed by atoms with Crippen LogP contribution in [0.2, 0.25) is 0 Å². The second-order valence-electron chi connectivity index (χ2n) is 4.90. The molecule has 21 heavy (non-hydrogen) atoms. The number of anilines is 1. The number of hydrogen-bond donors (Lipinski definition) is 1. The first-order valence-corrected chi connectivity index (χ1v) is 6.90. The Kier molecular flexibility index (Phi) is 2.96. The van der Waals surface area contributed by atoms with E-state index < -0.39 is 0 Å². The molecule has 0 spiro atoms. The van der Waals surface area contributed by atoms with E-state index in [1.54, 1.807) is 0 Å². The lowest BCUT2D eigenvalue weighted by Crippen LogP contribution is -2.15. The fourth-order valence-corrected chi connectivity index (χ4v) is 2.41. The molecule has 2 aliphatic rings. The SMILES string of the molecule is c1cc2c(cc1CNc1ccc3c(c1)OCCO3)OCO2. The predicted molar refractivity (Wildman–Crippen MR) is 77.3 cm³/mol. The number of ether oxygens (including phenoxy) is 4. The lowest BCUT2D eigenvalue weighted by atomic mass is 10.2. The van der Waals surface area contributed by atoms with Crippen LogP contribution in [0, 0.1) is 0 Å². The molecule has 0 fully saturated rings. The Morgan fingerprint density at radius 3 is 2.43 bits per heavy atom. The molecule has 2 aliphatic heterocycles. The molecule has 4 rings (SSSR count). The summed E-state index contributed by atoms with van der Waals surface area (Å²) >= 11 is 0. The van der Waals surface area contributed by atoms with Crippen molar-refractivity contribution < 1.29 is 18.9 Å². The van der Waals surface area contributed by atoms with Crippen LogP contribution in [-0.2, 0) is 6.54 Å². The highest BCUT2D eigenvalue weighted by Crippen LogP contribution is 2.34. The third-order valence-corrected chi connectivity index (χ3v) is 3.48. The first-order valence-electron chi connectivity index (χ1n) is 6.90. The van der Waals surface area contributed by atoms with Gasteiger partial charge in [-0.25, -0.2) is 0 Å². The van der Waals surface area contributed by atoms with E-state index in [4.69, 9.17) is 18.9 Å². The average molecular weight is 285 g/mol. The Morgan fingerprint density at radius 2 is 1.48 bits per heavy atom. The smallest absolute Gasteiger partial charge is 0.231 e. The van der Waals surface area contributed by atoms with Crippen LogP contribution in [0.15, 0.2) is 36.4 Å². The lowest BCUT2D eigenvalue weighted by molar-refractivity contribution is 0.171. The molecule has 2 aromatic carbocycles. The maximum atomic E-state index is 5.58. The van der Waals surface area contributed by atoms with E-state index in [0.717, 1.165) is 34.2 Å². The number of hydrogen-bond acceptors (Lipinski definition) is 5. The summed E-state index contributed by atoms with van der Waals surface area (Å²) in [5, 5.41) is 3.37. The summed E-state index contributed by atoms with van der Waals surface area (Å²) in [7, 11) is 0. The molecule has 5 nitrogen and oxygen atoms in total. The summed E-state index contributed by atoms with van der Waals surface area (Å²) in [6, 6.07) is 11.8. The van der Waals surface area contributed by atoms with Gasteiger partial charge in [0.05, 0.1) is 0 Å². The zero-order valence-corrected chi connectivity index (χ0v) is 11.4. The van der Waals surface area contributed by atoms with E-state index in [2.05, 4.69) is 5.32 Å². The fraction of sp³-hybridized carbons (Fsp3) is 0.250. The van der Waals surface area contributed by atoms with Crippen LogP contribution in [-0.4, -0.2) is 20.0 Å². The summed E-state index contributed by atoms with van der Waals surface area (Å²) < 4.78 is 21.8. The highest BCUT2D eigenvalue weighted by molar-refractivity contribution is 5.55. The number of fused-ring (bicyclic) bond motifs is 2. The molecular weight excluding hydrogens is 270 g/mol. The van der Waals surface area contributed by atoms with Crippen LogP contribution < -0.4 is 24.3 Å². The van der Waals surface area contributed by atoms with Gasteiger partial charge in [-0.2, -0.15) is 0 Å². The van der Waals surface area contributed by atoms with Gasteiger partial charge in [-0.3, -0.25) is 0 Å². The summed E-state index contributed by atoms with van der Waals surface area (Å²) in [4.78, 5) is 0. The summed E-state index contributed by atoms with van der Waals surface area (Å²) in [6.45, 7) is 2.21. The van der Waals surface area contributed by atoms with Crippen molar-refractivity contribution in [3.63, 3.8) is 0 Å². The van der Waals surface area contributed by atoms with E-state index in [1.807, 2.05) is 36.4 Å². The van der Waals surface area contributed by atoms with E-state index in [-0.39, 0.29) is 0 Å². The van der Waals surface area contributed by atoms with Gasteiger partial charge in [-0.05, 0) is 29.8 Å². The zero-order valence-electron chi connectivity index (χ0n) is 11.4. The number of benzene rings is 2. The molecule has 0 unspecified atom stereocenters. The van der Waals surface area contributed by atoms with Crippen molar-refractivity contribution in [1.29, 1.82) is 0 Å². The highest BCUT2D eigenvalue weighted by atomic mass is 16.7. The highest BCUT2D eigenvalue weighted by Gasteiger charge is 2.14. The molecule has 0 atom stereocenters. The monoisotopic (exact) mass is 285 g/mol. The quantitative estimate of drug-likeness (QED) is 0.939. The molecule has 2 aromatic rings. The Morgan fingerprint density at radius 1 is 0.762 bits per heavy atom. The van der Waals surface area contributed by atoms with Crippen LogP contribution in [0.5, 0.6) is 23.0 Å². The predicted octanol–water partition coefficient (Wildman–Crippen LogP) is 2.80. The molecule has 108 valence electrons. The lowest BCUT2D eigenvalue weighted by Gasteiger charge is -2.19. The van der Waals surface area contributed by atoms with Crippen molar-refractivity contribution in [1.82, 2.24) is 0 Å². The first-order chi connectivity index (χ1) is 10.4. The van der Waals surface area contributed by atoms with Gasteiger partial charge in [0.15, 0.2) is 23.0 Å². The normalized spacial score (nSPS) is 14.9. The molecule has 0 saturated heterocycles. The summed E-state index contributed by atoms with van der Waals surface area (Å²) in [5.74, 6) is 3.20. The van der Waals surface area contributed by atoms with E-state index in [0.29, 0.717) is 26.6 Å². The van der Waals surface area contributed by atoms with Crippen molar-refractivity contribution >= 4 is 5.69 Å². The van der Waals surface area contributed by atoms with Gasteiger partial charge in [-0.15, -0.1) is 0 Å². The minimum atomic E-state index is 0.300. The second kappa shape index (κ2) is 5.09. The molecule has 0 amide bonds. The van der Waals surface area contributed by atoms with Crippen molar-refractivity contribution in [2.45, 2.75) is 6.54 Å². The van der Waals surface area contributed by atoms with Crippen LogP contribution in [0.4, 0.5) is 5.69 Å². The topological polar surface area (TPSA) is 49.0 Å². The van der Waals surface area contributed by atoms with Gasteiger partial charge in [0.2, 0.25) is 6.79 Å². The van der Waals surface area contributed by atoms with Gasteiger partial charge in [0, 0.05) is 18.3 Å². The Hall–Kier alpha value is -2.56. The minimum Gasteiger partial charge on any atom is -0.486 e. The summed E-state index contributed by atoms with van der Waals surface area (Å²) in [5.41, 5.74) is 2.13. The van der Waals surface area contributed by atoms with Crippen molar-refractivity contribution in [3.05, 3.63) is 42.0 Å². The fourth-order valence-electron chi connectivity index (χ4n) is 2.41. The molecule has 1 N–H and O–H groups in total. The van der Waals surface area contributed by atoms with Gasteiger partial charge in [-0.1, -0.05) is 6.07 Å². The van der Waals surface area contributed by atoms with Gasteiger partial charge < -0.3 is 24.3 Å². The second-order valence-corrected chi connectivity index (χ2v) is 4.90. The summed E-state index contributed by atoms with van der Waals surface area (Å²) in [6.07, 6.45) is 0. The third kappa shape index (κ3) is 2.42. The first kappa shape index (κ1) is 12.2. The molecule has 0 aromatic heterocycles.